The van der Waals surface area contributed by atoms with Crippen LogP contribution in [0, 0.1) is 0 Å². The summed E-state index contributed by atoms with van der Waals surface area (Å²) in [4.78, 5) is 17.7. The molecule has 7 heteroatoms. The van der Waals surface area contributed by atoms with Crippen molar-refractivity contribution in [2.45, 2.75) is 13.0 Å². The summed E-state index contributed by atoms with van der Waals surface area (Å²) < 4.78 is 1.84. The van der Waals surface area contributed by atoms with Gasteiger partial charge in [0.05, 0.1) is 11.3 Å². The molecule has 0 fully saturated rings. The topological polar surface area (TPSA) is 71.8 Å². The van der Waals surface area contributed by atoms with E-state index in [1.54, 1.807) is 12.4 Å². The first-order valence-corrected chi connectivity index (χ1v) is 10.6. The summed E-state index contributed by atoms with van der Waals surface area (Å²) in [5.74, 6) is 0.613. The predicted molar refractivity (Wildman–Crippen MR) is 126 cm³/mol. The number of pyridine rings is 1. The molecule has 6 nitrogen and oxygen atoms in total. The SMILES string of the molecule is CC1=C(C(=O)Nc2ccccc2)[C@H](c2cccnc2)n2nc(-c3ccc(Cl)cc3)cc2N1. The second-order valence-corrected chi connectivity index (χ2v) is 7.98. The monoisotopic (exact) mass is 441 g/mol. The van der Waals surface area contributed by atoms with E-state index in [4.69, 9.17) is 16.7 Å². The molecule has 0 bridgehead atoms. The standard InChI is InChI=1S/C25H20ClN5O/c1-16-23(25(32)29-20-7-3-2-4-8-20)24(18-6-5-13-27-15-18)31-22(28-16)14-21(30-31)17-9-11-19(26)12-10-17/h2-15,24,28H,1H3,(H,29,32)/t24-/m0/s1. The molecule has 2 N–H and O–H groups in total. The zero-order valence-electron chi connectivity index (χ0n) is 17.3. The van der Waals surface area contributed by atoms with Crippen LogP contribution in [0.3, 0.4) is 0 Å². The quantitative estimate of drug-likeness (QED) is 0.437. The normalized spacial score (nSPS) is 15.1. The van der Waals surface area contributed by atoms with E-state index in [0.29, 0.717) is 10.6 Å². The van der Waals surface area contributed by atoms with Gasteiger partial charge in [-0.2, -0.15) is 5.10 Å². The average molecular weight is 442 g/mol. The average Bonchev–Trinajstić information content (AvgIpc) is 3.23. The summed E-state index contributed by atoms with van der Waals surface area (Å²) in [6.07, 6.45) is 3.49. The summed E-state index contributed by atoms with van der Waals surface area (Å²) in [5, 5.41) is 11.9. The van der Waals surface area contributed by atoms with Crippen molar-refractivity contribution in [3.63, 3.8) is 0 Å². The van der Waals surface area contributed by atoms with E-state index in [9.17, 15) is 4.79 Å². The molecular weight excluding hydrogens is 422 g/mol. The van der Waals surface area contributed by atoms with Crippen molar-refractivity contribution in [3.05, 3.63) is 107 Å². The molecule has 0 spiro atoms. The summed E-state index contributed by atoms with van der Waals surface area (Å²) in [7, 11) is 0. The molecule has 2 aromatic carbocycles. The lowest BCUT2D eigenvalue weighted by Gasteiger charge is -2.29. The first kappa shape index (κ1) is 20.0. The second kappa shape index (κ2) is 8.32. The van der Waals surface area contributed by atoms with Crippen molar-refractivity contribution in [1.82, 2.24) is 14.8 Å². The fraction of sp³-hybridized carbons (Fsp3) is 0.0800. The molecular formula is C25H20ClN5O. The number of fused-ring (bicyclic) bond motifs is 1. The van der Waals surface area contributed by atoms with E-state index in [0.717, 1.165) is 34.0 Å². The summed E-state index contributed by atoms with van der Waals surface area (Å²) >= 11 is 6.05. The second-order valence-electron chi connectivity index (χ2n) is 7.54. The van der Waals surface area contributed by atoms with Crippen LogP contribution < -0.4 is 10.6 Å². The van der Waals surface area contributed by atoms with E-state index in [1.807, 2.05) is 84.4 Å². The Bertz CT molecular complexity index is 1300. The number of aromatic nitrogens is 3. The van der Waals surface area contributed by atoms with Crippen molar-refractivity contribution in [1.29, 1.82) is 0 Å². The lowest BCUT2D eigenvalue weighted by Crippen LogP contribution is -2.31. The number of benzene rings is 2. The molecule has 1 aliphatic heterocycles. The highest BCUT2D eigenvalue weighted by Crippen LogP contribution is 2.38. The molecule has 1 amide bonds. The molecule has 0 saturated heterocycles. The molecule has 3 heterocycles. The van der Waals surface area contributed by atoms with Crippen LogP contribution in [0.1, 0.15) is 18.5 Å². The van der Waals surface area contributed by atoms with Gasteiger partial charge in [0.25, 0.3) is 5.91 Å². The van der Waals surface area contributed by atoms with Gasteiger partial charge in [-0.3, -0.25) is 9.78 Å². The van der Waals surface area contributed by atoms with E-state index in [-0.39, 0.29) is 5.91 Å². The molecule has 4 aromatic rings. The summed E-state index contributed by atoms with van der Waals surface area (Å²) in [5.41, 5.74) is 4.68. The first-order chi connectivity index (χ1) is 15.6. The van der Waals surface area contributed by atoms with Crippen molar-refractivity contribution in [2.24, 2.45) is 0 Å². The molecule has 0 aliphatic carbocycles. The van der Waals surface area contributed by atoms with Crippen LogP contribution in [0.25, 0.3) is 11.3 Å². The molecule has 0 unspecified atom stereocenters. The zero-order valence-corrected chi connectivity index (χ0v) is 18.0. The van der Waals surface area contributed by atoms with E-state index < -0.39 is 6.04 Å². The number of nitrogens with zero attached hydrogens (tertiary/aromatic N) is 3. The van der Waals surface area contributed by atoms with Crippen molar-refractivity contribution >= 4 is 29.0 Å². The minimum Gasteiger partial charge on any atom is -0.344 e. The van der Waals surface area contributed by atoms with Gasteiger partial charge in [0, 0.05) is 40.4 Å². The largest absolute Gasteiger partial charge is 0.344 e. The molecule has 1 aliphatic rings. The van der Waals surface area contributed by atoms with E-state index in [1.165, 1.54) is 0 Å². The van der Waals surface area contributed by atoms with Crippen LogP contribution >= 0.6 is 11.6 Å². The van der Waals surface area contributed by atoms with E-state index in [2.05, 4.69) is 15.6 Å². The molecule has 158 valence electrons. The molecule has 0 radical (unpaired) electrons. The van der Waals surface area contributed by atoms with Gasteiger partial charge in [0.2, 0.25) is 0 Å². The maximum atomic E-state index is 13.4. The van der Waals surface area contributed by atoms with Crippen molar-refractivity contribution < 1.29 is 4.79 Å². The first-order valence-electron chi connectivity index (χ1n) is 10.2. The molecule has 0 saturated carbocycles. The van der Waals surface area contributed by atoms with Gasteiger partial charge in [0.1, 0.15) is 11.9 Å². The Labute approximate surface area is 190 Å². The number of para-hydroxylation sites is 1. The molecule has 32 heavy (non-hydrogen) atoms. The Balaban J connectivity index is 1.59. The number of nitrogens with one attached hydrogen (secondary N) is 2. The van der Waals surface area contributed by atoms with Crippen LogP contribution in [-0.4, -0.2) is 20.7 Å². The smallest absolute Gasteiger partial charge is 0.255 e. The number of halogens is 1. The van der Waals surface area contributed by atoms with Gasteiger partial charge in [-0.05, 0) is 42.8 Å². The predicted octanol–water partition coefficient (Wildman–Crippen LogP) is 5.53. The highest BCUT2D eigenvalue weighted by atomic mass is 35.5. The number of rotatable bonds is 4. The van der Waals surface area contributed by atoms with Crippen molar-refractivity contribution in [2.75, 3.05) is 10.6 Å². The minimum absolute atomic E-state index is 0.191. The number of carbonyl (C=O) groups is 1. The fourth-order valence-corrected chi connectivity index (χ4v) is 4.02. The van der Waals surface area contributed by atoms with Crippen LogP contribution in [-0.2, 0) is 4.79 Å². The molecule has 2 aromatic heterocycles. The third-order valence-corrected chi connectivity index (χ3v) is 5.64. The summed E-state index contributed by atoms with van der Waals surface area (Å²) in [6.45, 7) is 1.90. The van der Waals surface area contributed by atoms with Gasteiger partial charge in [-0.15, -0.1) is 0 Å². The lowest BCUT2D eigenvalue weighted by molar-refractivity contribution is -0.113. The van der Waals surface area contributed by atoms with Gasteiger partial charge in [-0.1, -0.05) is 48.0 Å². The van der Waals surface area contributed by atoms with Crippen LogP contribution in [0.4, 0.5) is 11.5 Å². The summed E-state index contributed by atoms with van der Waals surface area (Å²) in [6, 6.07) is 22.3. The number of carbonyl (C=O) groups excluding carboxylic acids is 1. The lowest BCUT2D eigenvalue weighted by atomic mass is 9.96. The minimum atomic E-state index is -0.426. The maximum absolute atomic E-state index is 13.4. The van der Waals surface area contributed by atoms with Crippen LogP contribution in [0.15, 0.2) is 96.5 Å². The number of hydrogen-bond donors (Lipinski definition) is 2. The third kappa shape index (κ3) is 3.76. The van der Waals surface area contributed by atoms with Gasteiger partial charge >= 0.3 is 0 Å². The molecule has 5 rings (SSSR count). The number of allylic oxidation sites excluding steroid dienone is 1. The highest BCUT2D eigenvalue weighted by Gasteiger charge is 2.33. The van der Waals surface area contributed by atoms with E-state index >= 15 is 0 Å². The van der Waals surface area contributed by atoms with Gasteiger partial charge in [-0.25, -0.2) is 4.68 Å². The Kier molecular flexibility index (Phi) is 5.21. The Morgan fingerprint density at radius 1 is 1.06 bits per heavy atom. The van der Waals surface area contributed by atoms with Crippen LogP contribution in [0.2, 0.25) is 5.02 Å². The maximum Gasteiger partial charge on any atom is 0.255 e. The third-order valence-electron chi connectivity index (χ3n) is 5.39. The van der Waals surface area contributed by atoms with Gasteiger partial charge < -0.3 is 10.6 Å². The molecule has 1 atom stereocenters. The number of hydrogen-bond acceptors (Lipinski definition) is 4. The Morgan fingerprint density at radius 2 is 1.84 bits per heavy atom. The Morgan fingerprint density at radius 3 is 2.56 bits per heavy atom. The van der Waals surface area contributed by atoms with Gasteiger partial charge in [0.15, 0.2) is 0 Å². The Hall–Kier alpha value is -3.90. The highest BCUT2D eigenvalue weighted by molar-refractivity contribution is 6.30. The van der Waals surface area contributed by atoms with Crippen LogP contribution in [0.5, 0.6) is 0 Å². The fourth-order valence-electron chi connectivity index (χ4n) is 3.89. The number of anilines is 2. The number of amides is 1. The zero-order chi connectivity index (χ0) is 22.1. The van der Waals surface area contributed by atoms with Crippen molar-refractivity contribution in [3.8, 4) is 11.3 Å².